The second-order valence-corrected chi connectivity index (χ2v) is 1.80. The Morgan fingerprint density at radius 2 is 0.857 bits per heavy atom. The molecule has 0 aromatic heterocycles. The average Bonchev–Trinajstić information content (AvgIpc) is 0.722. The molecule has 0 rings (SSSR count). The first-order chi connectivity index (χ1) is 2.00. The van der Waals surface area contributed by atoms with E-state index in [4.69, 9.17) is 19.2 Å². The Morgan fingerprint density at radius 3 is 0.857 bits per heavy atom. The number of halogens is 1. The van der Waals surface area contributed by atoms with E-state index in [2.05, 4.69) is 0 Å². The molecule has 7 heteroatoms. The Labute approximate surface area is 47.7 Å². The predicted octanol–water partition coefficient (Wildman–Crippen LogP) is -2.03. The summed E-state index contributed by atoms with van der Waals surface area (Å²) >= 11 is 0. The lowest BCUT2D eigenvalue weighted by molar-refractivity contribution is 0.117. The van der Waals surface area contributed by atoms with Crippen molar-refractivity contribution >= 4 is 21.5 Å². The van der Waals surface area contributed by atoms with E-state index in [9.17, 15) is 0 Å². The maximum absolute atomic E-state index is 7.33. The van der Waals surface area contributed by atoms with Crippen LogP contribution in [0.1, 0.15) is 0 Å². The van der Waals surface area contributed by atoms with Crippen molar-refractivity contribution in [2.24, 2.45) is 0 Å². The third-order valence-electron chi connectivity index (χ3n) is 0. The lowest BCUT2D eigenvalue weighted by atomic mass is 14.0. The standard InChI is InChI=1S/ClH.H3N.H4O4Si/c;;1-5(2,3)4/h1H;1H3;1-4H. The first kappa shape index (κ1) is 15.7. The van der Waals surface area contributed by atoms with Crippen molar-refractivity contribution in [1.82, 2.24) is 6.15 Å². The summed E-state index contributed by atoms with van der Waals surface area (Å²) in [7, 11) is -4.61. The van der Waals surface area contributed by atoms with Crippen molar-refractivity contribution in [3.8, 4) is 0 Å². The van der Waals surface area contributed by atoms with E-state index in [1.165, 1.54) is 0 Å². The van der Waals surface area contributed by atoms with Crippen LogP contribution in [0, 0.1) is 0 Å². The summed E-state index contributed by atoms with van der Waals surface area (Å²) in [6, 6.07) is 0. The number of rotatable bonds is 0. The van der Waals surface area contributed by atoms with Crippen LogP contribution in [-0.2, 0) is 0 Å². The molecule has 0 spiro atoms. The van der Waals surface area contributed by atoms with Crippen molar-refractivity contribution in [1.29, 1.82) is 0 Å². The van der Waals surface area contributed by atoms with Crippen LogP contribution >= 0.6 is 12.4 Å². The highest BCUT2D eigenvalue weighted by Crippen LogP contribution is 1.67. The Balaban J connectivity index is -0.0000000800. The lowest BCUT2D eigenvalue weighted by Gasteiger charge is -1.91. The highest BCUT2D eigenvalue weighted by atomic mass is 35.5. The van der Waals surface area contributed by atoms with E-state index in [1.807, 2.05) is 0 Å². The summed E-state index contributed by atoms with van der Waals surface area (Å²) in [4.78, 5) is 29.3. The van der Waals surface area contributed by atoms with E-state index in [0.29, 0.717) is 0 Å². The smallest absolute Gasteiger partial charge is 0.368 e. The van der Waals surface area contributed by atoms with E-state index in [0.717, 1.165) is 0 Å². The van der Waals surface area contributed by atoms with Gasteiger partial charge in [-0.1, -0.05) is 0 Å². The van der Waals surface area contributed by atoms with Gasteiger partial charge in [-0.2, -0.15) is 0 Å². The minimum absolute atomic E-state index is 0. The van der Waals surface area contributed by atoms with Gasteiger partial charge in [-0.3, -0.25) is 0 Å². The first-order valence-corrected chi connectivity index (χ1v) is 2.68. The highest BCUT2D eigenvalue weighted by Gasteiger charge is 2.22. The zero-order valence-electron chi connectivity index (χ0n) is 3.40. The summed E-state index contributed by atoms with van der Waals surface area (Å²) in [6.45, 7) is 0. The topological polar surface area (TPSA) is 116 Å². The molecule has 7 N–H and O–H groups in total. The van der Waals surface area contributed by atoms with Gasteiger partial charge in [-0.25, -0.2) is 0 Å². The fourth-order valence-corrected chi connectivity index (χ4v) is 0. The van der Waals surface area contributed by atoms with Crippen molar-refractivity contribution in [3.63, 3.8) is 0 Å². The molecule has 0 aromatic carbocycles. The Morgan fingerprint density at radius 1 is 0.857 bits per heavy atom. The van der Waals surface area contributed by atoms with Crippen molar-refractivity contribution in [2.75, 3.05) is 0 Å². The number of hydrogen-bond acceptors (Lipinski definition) is 5. The van der Waals surface area contributed by atoms with Gasteiger partial charge in [0.1, 0.15) is 0 Å². The van der Waals surface area contributed by atoms with E-state index < -0.39 is 9.05 Å². The molecule has 0 saturated heterocycles. The molecule has 0 aliphatic heterocycles. The van der Waals surface area contributed by atoms with Crippen LogP contribution in [0.4, 0.5) is 0 Å². The molecular weight excluding hydrogens is 142 g/mol. The monoisotopic (exact) mass is 149 g/mol. The van der Waals surface area contributed by atoms with Gasteiger partial charge < -0.3 is 25.3 Å². The van der Waals surface area contributed by atoms with Gasteiger partial charge in [0.25, 0.3) is 0 Å². The second kappa shape index (κ2) is 4.47. The summed E-state index contributed by atoms with van der Waals surface area (Å²) in [5.41, 5.74) is 0. The molecule has 0 aliphatic carbocycles. The van der Waals surface area contributed by atoms with Crippen LogP contribution < -0.4 is 6.15 Å². The molecule has 5 nitrogen and oxygen atoms in total. The summed E-state index contributed by atoms with van der Waals surface area (Å²) < 4.78 is 0. The Hall–Kier alpha value is 0.307. The van der Waals surface area contributed by atoms with Gasteiger partial charge in [-0.15, -0.1) is 12.4 Å². The van der Waals surface area contributed by atoms with Gasteiger partial charge in [0.05, 0.1) is 0 Å². The third kappa shape index (κ3) is 1240. The third-order valence-corrected chi connectivity index (χ3v) is 0. The van der Waals surface area contributed by atoms with Crippen LogP contribution in [0.3, 0.4) is 0 Å². The van der Waals surface area contributed by atoms with Gasteiger partial charge in [0, 0.05) is 0 Å². The van der Waals surface area contributed by atoms with Crippen molar-refractivity contribution in [3.05, 3.63) is 0 Å². The predicted molar refractivity (Wildman–Crippen MR) is 26.9 cm³/mol. The van der Waals surface area contributed by atoms with Gasteiger partial charge in [0.15, 0.2) is 0 Å². The van der Waals surface area contributed by atoms with E-state index >= 15 is 0 Å². The van der Waals surface area contributed by atoms with Crippen LogP contribution in [0.15, 0.2) is 0 Å². The summed E-state index contributed by atoms with van der Waals surface area (Å²) in [5.74, 6) is 0. The molecule has 0 heterocycles. The molecule has 0 fully saturated rings. The van der Waals surface area contributed by atoms with Gasteiger partial charge >= 0.3 is 9.05 Å². The van der Waals surface area contributed by atoms with Crippen LogP contribution in [-0.4, -0.2) is 28.2 Å². The minimum Gasteiger partial charge on any atom is -0.368 e. The molecule has 0 saturated carbocycles. The zero-order valence-corrected chi connectivity index (χ0v) is 5.22. The summed E-state index contributed by atoms with van der Waals surface area (Å²) in [5, 5.41) is 0. The van der Waals surface area contributed by atoms with Crippen molar-refractivity contribution < 1.29 is 19.2 Å². The maximum atomic E-state index is 7.33. The Bertz CT molecular complexity index is 27.2. The molecule has 0 unspecified atom stereocenters. The zero-order chi connectivity index (χ0) is 4.50. The van der Waals surface area contributed by atoms with Gasteiger partial charge in [0.2, 0.25) is 0 Å². The molecule has 0 bridgehead atoms. The molecule has 0 amide bonds. The van der Waals surface area contributed by atoms with Crippen LogP contribution in [0.25, 0.3) is 0 Å². The Kier molecular flexibility index (Phi) is 10.00. The molecular formula is H8ClNO4Si. The largest absolute Gasteiger partial charge is 0.668 e. The minimum atomic E-state index is -4.61. The summed E-state index contributed by atoms with van der Waals surface area (Å²) in [6.07, 6.45) is 0. The number of hydrogen-bond donors (Lipinski definition) is 5. The molecule has 0 aromatic rings. The normalized spacial score (nSPS) is 8.57. The molecule has 0 aliphatic rings. The molecule has 48 valence electrons. The molecule has 0 atom stereocenters. The SMILES string of the molecule is Cl.N.O[Si](O)(O)O. The molecule has 0 radical (unpaired) electrons. The quantitative estimate of drug-likeness (QED) is 0.255. The van der Waals surface area contributed by atoms with Crippen LogP contribution in [0.5, 0.6) is 0 Å². The first-order valence-electron chi connectivity index (χ1n) is 0.894. The maximum Gasteiger partial charge on any atom is 0.668 e. The van der Waals surface area contributed by atoms with Crippen molar-refractivity contribution in [2.45, 2.75) is 0 Å². The molecule has 7 heavy (non-hydrogen) atoms. The fraction of sp³-hybridized carbons (Fsp3) is 0. The lowest BCUT2D eigenvalue weighted by Crippen LogP contribution is -2.33. The van der Waals surface area contributed by atoms with Crippen LogP contribution in [0.2, 0.25) is 0 Å². The second-order valence-electron chi connectivity index (χ2n) is 0.600. The van der Waals surface area contributed by atoms with Gasteiger partial charge in [-0.05, 0) is 0 Å². The van der Waals surface area contributed by atoms with E-state index in [-0.39, 0.29) is 18.6 Å². The average molecular weight is 150 g/mol. The highest BCUT2D eigenvalue weighted by molar-refractivity contribution is 6.46. The fourth-order valence-electron chi connectivity index (χ4n) is 0. The van der Waals surface area contributed by atoms with E-state index in [1.54, 1.807) is 0 Å².